The van der Waals surface area contributed by atoms with Crippen LogP contribution in [0.4, 0.5) is 10.5 Å². The first-order valence-electron chi connectivity index (χ1n) is 11.7. The molecule has 0 radical (unpaired) electrons. The van der Waals surface area contributed by atoms with Gasteiger partial charge in [0.1, 0.15) is 5.54 Å². The van der Waals surface area contributed by atoms with Gasteiger partial charge in [0.15, 0.2) is 0 Å². The van der Waals surface area contributed by atoms with Gasteiger partial charge in [-0.3, -0.25) is 4.79 Å². The molecule has 4 rings (SSSR count). The number of hydrogen-bond donors (Lipinski definition) is 4. The quantitative estimate of drug-likeness (QED) is 0.307. The van der Waals surface area contributed by atoms with E-state index >= 15 is 0 Å². The largest absolute Gasteiger partial charge is 0.361 e. The fourth-order valence-corrected chi connectivity index (χ4v) is 5.17. The molecule has 1 aliphatic carbocycles. The number of H-pyrrole nitrogens is 1. The molecule has 1 aliphatic rings. The van der Waals surface area contributed by atoms with E-state index in [0.29, 0.717) is 34.6 Å². The van der Waals surface area contributed by atoms with Crippen molar-refractivity contribution in [3.8, 4) is 0 Å². The van der Waals surface area contributed by atoms with Crippen LogP contribution in [0.5, 0.6) is 0 Å². The van der Waals surface area contributed by atoms with Gasteiger partial charge in [-0.05, 0) is 49.4 Å². The van der Waals surface area contributed by atoms with Crippen LogP contribution in [0.15, 0.2) is 48.7 Å². The van der Waals surface area contributed by atoms with Crippen molar-refractivity contribution in [3.05, 3.63) is 64.3 Å². The Labute approximate surface area is 209 Å². The first-order chi connectivity index (χ1) is 16.4. The number of fused-ring (bicyclic) bond motifs is 1. The number of amides is 3. The van der Waals surface area contributed by atoms with Crippen LogP contribution in [0, 0.1) is 5.92 Å². The van der Waals surface area contributed by atoms with Crippen LogP contribution in [0.1, 0.15) is 44.6 Å². The third-order valence-corrected chi connectivity index (χ3v) is 7.22. The number of urea groups is 1. The Balaban J connectivity index is 1.54. The number of halogens is 2. The van der Waals surface area contributed by atoms with Crippen LogP contribution >= 0.6 is 23.2 Å². The number of benzene rings is 2. The molecule has 0 saturated heterocycles. The molecule has 0 bridgehead atoms. The summed E-state index contributed by atoms with van der Waals surface area (Å²) in [5, 5.41) is 10.4. The average molecular weight is 501 g/mol. The minimum absolute atomic E-state index is 0.219. The van der Waals surface area contributed by atoms with Crippen molar-refractivity contribution >= 4 is 51.7 Å². The third-order valence-electron chi connectivity index (χ3n) is 6.59. The van der Waals surface area contributed by atoms with Gasteiger partial charge in [-0.2, -0.15) is 0 Å². The van der Waals surface area contributed by atoms with Crippen molar-refractivity contribution in [2.75, 3.05) is 11.9 Å². The zero-order valence-electron chi connectivity index (χ0n) is 19.2. The van der Waals surface area contributed by atoms with E-state index in [9.17, 15) is 9.59 Å². The SMILES string of the molecule is CC(Cc1c[nH]c2ccccc12)(NC(=O)Nc1c(Cl)cccc1Cl)C(=O)NCC1CCCCC1. The Morgan fingerprint density at radius 2 is 1.74 bits per heavy atom. The molecule has 1 aromatic heterocycles. The second-order valence-corrected chi connectivity index (χ2v) is 10.1. The standard InChI is InChI=1S/C26H30Cl2N4O2/c1-26(24(33)30-15-17-8-3-2-4-9-17,14-18-16-29-22-13-6-5-10-19(18)22)32-25(34)31-23-20(27)11-7-12-21(23)28/h5-7,10-13,16-17,29H,2-4,8-9,14-15H2,1H3,(H,30,33)(H2,31,32,34). The van der Waals surface area contributed by atoms with Gasteiger partial charge in [-0.25, -0.2) is 4.79 Å². The van der Waals surface area contributed by atoms with E-state index in [4.69, 9.17) is 23.2 Å². The molecule has 1 heterocycles. The average Bonchev–Trinajstić information content (AvgIpc) is 3.23. The molecule has 34 heavy (non-hydrogen) atoms. The van der Waals surface area contributed by atoms with Gasteiger partial charge in [0.2, 0.25) is 5.91 Å². The Morgan fingerprint density at radius 1 is 1.03 bits per heavy atom. The normalized spacial score (nSPS) is 16.1. The van der Waals surface area contributed by atoms with Crippen LogP contribution in [0.3, 0.4) is 0 Å². The number of rotatable bonds is 7. The maximum absolute atomic E-state index is 13.5. The van der Waals surface area contributed by atoms with Crippen molar-refractivity contribution < 1.29 is 9.59 Å². The van der Waals surface area contributed by atoms with Gasteiger partial charge in [0, 0.05) is 30.1 Å². The minimum Gasteiger partial charge on any atom is -0.361 e. The first-order valence-corrected chi connectivity index (χ1v) is 12.5. The number of nitrogens with one attached hydrogen (secondary N) is 4. The molecule has 3 amide bonds. The topological polar surface area (TPSA) is 86.0 Å². The van der Waals surface area contributed by atoms with E-state index in [1.54, 1.807) is 25.1 Å². The lowest BCUT2D eigenvalue weighted by Gasteiger charge is -2.31. The molecular formula is C26H30Cl2N4O2. The summed E-state index contributed by atoms with van der Waals surface area (Å²) in [7, 11) is 0. The monoisotopic (exact) mass is 500 g/mol. The van der Waals surface area contributed by atoms with E-state index < -0.39 is 11.6 Å². The summed E-state index contributed by atoms with van der Waals surface area (Å²) in [6.07, 6.45) is 8.11. The van der Waals surface area contributed by atoms with Gasteiger partial charge < -0.3 is 20.9 Å². The lowest BCUT2D eigenvalue weighted by Crippen LogP contribution is -2.59. The smallest absolute Gasteiger partial charge is 0.320 e. The van der Waals surface area contributed by atoms with Crippen LogP contribution in [-0.2, 0) is 11.2 Å². The van der Waals surface area contributed by atoms with Crippen molar-refractivity contribution in [1.29, 1.82) is 0 Å². The molecule has 1 fully saturated rings. The number of anilines is 1. The summed E-state index contributed by atoms with van der Waals surface area (Å²) in [5.74, 6) is 0.259. The molecule has 3 aromatic rings. The van der Waals surface area contributed by atoms with Crippen molar-refractivity contribution in [3.63, 3.8) is 0 Å². The highest BCUT2D eigenvalue weighted by Crippen LogP contribution is 2.30. The fraction of sp³-hybridized carbons (Fsp3) is 0.385. The van der Waals surface area contributed by atoms with E-state index in [1.807, 2.05) is 30.5 Å². The highest BCUT2D eigenvalue weighted by molar-refractivity contribution is 6.39. The summed E-state index contributed by atoms with van der Waals surface area (Å²) in [5.41, 5.74) is 1.04. The number of para-hydroxylation sites is 2. The molecule has 1 atom stereocenters. The number of hydrogen-bond acceptors (Lipinski definition) is 2. The van der Waals surface area contributed by atoms with E-state index in [2.05, 4.69) is 20.9 Å². The van der Waals surface area contributed by atoms with Crippen molar-refractivity contribution in [2.45, 2.75) is 51.0 Å². The van der Waals surface area contributed by atoms with E-state index in [0.717, 1.165) is 29.3 Å². The lowest BCUT2D eigenvalue weighted by atomic mass is 9.88. The molecule has 0 aliphatic heterocycles. The molecule has 1 saturated carbocycles. The molecule has 1 unspecified atom stereocenters. The van der Waals surface area contributed by atoms with E-state index in [-0.39, 0.29) is 5.91 Å². The Bertz CT molecular complexity index is 1150. The Hall–Kier alpha value is -2.70. The van der Waals surface area contributed by atoms with E-state index in [1.165, 1.54) is 19.3 Å². The predicted molar refractivity (Wildman–Crippen MR) is 139 cm³/mol. The number of aromatic amines is 1. The summed E-state index contributed by atoms with van der Waals surface area (Å²) < 4.78 is 0. The maximum Gasteiger partial charge on any atom is 0.320 e. The summed E-state index contributed by atoms with van der Waals surface area (Å²) in [6, 6.07) is 12.3. The van der Waals surface area contributed by atoms with Gasteiger partial charge in [0.05, 0.1) is 15.7 Å². The zero-order chi connectivity index (χ0) is 24.1. The fourth-order valence-electron chi connectivity index (χ4n) is 4.68. The molecule has 4 N–H and O–H groups in total. The zero-order valence-corrected chi connectivity index (χ0v) is 20.7. The molecule has 8 heteroatoms. The molecule has 180 valence electrons. The Morgan fingerprint density at radius 3 is 2.47 bits per heavy atom. The second kappa shape index (κ2) is 10.7. The van der Waals surface area contributed by atoms with Gasteiger partial charge >= 0.3 is 6.03 Å². The highest BCUT2D eigenvalue weighted by Gasteiger charge is 2.36. The number of carbonyl (C=O) groups is 2. The Kier molecular flexibility index (Phi) is 7.69. The minimum atomic E-state index is -1.20. The summed E-state index contributed by atoms with van der Waals surface area (Å²) in [6.45, 7) is 2.36. The highest BCUT2D eigenvalue weighted by atomic mass is 35.5. The van der Waals surface area contributed by atoms with Gasteiger partial charge in [0.25, 0.3) is 0 Å². The van der Waals surface area contributed by atoms with Gasteiger partial charge in [-0.15, -0.1) is 0 Å². The van der Waals surface area contributed by atoms with Crippen LogP contribution < -0.4 is 16.0 Å². The van der Waals surface area contributed by atoms with Crippen molar-refractivity contribution in [2.24, 2.45) is 5.92 Å². The molecule has 0 spiro atoms. The lowest BCUT2D eigenvalue weighted by molar-refractivity contribution is -0.126. The molecule has 2 aromatic carbocycles. The summed E-state index contributed by atoms with van der Waals surface area (Å²) >= 11 is 12.4. The molecule has 6 nitrogen and oxygen atoms in total. The predicted octanol–water partition coefficient (Wildman–Crippen LogP) is 6.29. The van der Waals surface area contributed by atoms with Crippen LogP contribution in [0.2, 0.25) is 10.0 Å². The molecular weight excluding hydrogens is 471 g/mol. The first kappa shape index (κ1) is 24.4. The third kappa shape index (κ3) is 5.68. The summed E-state index contributed by atoms with van der Waals surface area (Å²) in [4.78, 5) is 29.7. The van der Waals surface area contributed by atoms with Crippen LogP contribution in [0.25, 0.3) is 10.9 Å². The van der Waals surface area contributed by atoms with Gasteiger partial charge in [-0.1, -0.05) is 66.7 Å². The number of aromatic nitrogens is 1. The number of carbonyl (C=O) groups excluding carboxylic acids is 2. The second-order valence-electron chi connectivity index (χ2n) is 9.26. The maximum atomic E-state index is 13.5. The van der Waals surface area contributed by atoms with Crippen LogP contribution in [-0.4, -0.2) is 29.0 Å². The van der Waals surface area contributed by atoms with Crippen molar-refractivity contribution in [1.82, 2.24) is 15.6 Å².